The summed E-state index contributed by atoms with van der Waals surface area (Å²) in [5, 5.41) is 2.04. The molecule has 0 aliphatic heterocycles. The second-order valence-corrected chi connectivity index (χ2v) is 10.3. The number of para-hydroxylation sites is 1. The predicted octanol–water partition coefficient (Wildman–Crippen LogP) is 7.00. The molecule has 0 bridgehead atoms. The minimum absolute atomic E-state index is 0.0226. The number of hydrogen-bond donors (Lipinski definition) is 1. The third-order valence-electron chi connectivity index (χ3n) is 6.75. The van der Waals surface area contributed by atoms with Crippen molar-refractivity contribution in [2.24, 2.45) is 0 Å². The molecule has 1 heterocycles. The molecule has 3 aromatic carbocycles. The number of carbonyl (C=O) groups excluding carboxylic acids is 2. The van der Waals surface area contributed by atoms with Crippen LogP contribution in [-0.2, 0) is 17.8 Å². The van der Waals surface area contributed by atoms with Gasteiger partial charge in [-0.3, -0.25) is 9.59 Å². The van der Waals surface area contributed by atoms with Crippen LogP contribution in [0.15, 0.2) is 72.9 Å². The minimum Gasteiger partial charge on any atom is -0.497 e. The van der Waals surface area contributed by atoms with Gasteiger partial charge in [-0.2, -0.15) is 0 Å². The van der Waals surface area contributed by atoms with Crippen LogP contribution in [0.25, 0.3) is 10.9 Å². The first kappa shape index (κ1) is 28.5. The summed E-state index contributed by atoms with van der Waals surface area (Å²) in [6.45, 7) is 3.36. The van der Waals surface area contributed by atoms with Crippen molar-refractivity contribution in [1.82, 2.24) is 14.8 Å². The summed E-state index contributed by atoms with van der Waals surface area (Å²) < 4.78 is 5.30. The zero-order chi connectivity index (χ0) is 27.8. The summed E-state index contributed by atoms with van der Waals surface area (Å²) in [5.41, 5.74) is 3.56. The number of aromatic amines is 1. The maximum absolute atomic E-state index is 13.8. The first-order chi connectivity index (χ1) is 18.9. The number of benzene rings is 3. The van der Waals surface area contributed by atoms with E-state index in [1.807, 2.05) is 30.5 Å². The molecule has 4 rings (SSSR count). The monoisotopic (exact) mass is 565 g/mol. The van der Waals surface area contributed by atoms with Gasteiger partial charge in [-0.1, -0.05) is 66.9 Å². The smallest absolute Gasteiger partial charge is 0.254 e. The van der Waals surface area contributed by atoms with Crippen molar-refractivity contribution in [2.45, 2.75) is 32.7 Å². The van der Waals surface area contributed by atoms with Crippen molar-refractivity contribution >= 4 is 45.9 Å². The highest BCUT2D eigenvalue weighted by Gasteiger charge is 2.23. The zero-order valence-electron chi connectivity index (χ0n) is 22.3. The molecule has 39 heavy (non-hydrogen) atoms. The zero-order valence-corrected chi connectivity index (χ0v) is 23.8. The van der Waals surface area contributed by atoms with Crippen LogP contribution in [0.2, 0.25) is 10.0 Å². The molecule has 6 nitrogen and oxygen atoms in total. The molecule has 2 amide bonds. The number of methoxy groups -OCH3 is 1. The summed E-state index contributed by atoms with van der Waals surface area (Å²) >= 11 is 12.4. The number of carbonyl (C=O) groups is 2. The van der Waals surface area contributed by atoms with Gasteiger partial charge in [0.25, 0.3) is 5.91 Å². The van der Waals surface area contributed by atoms with E-state index in [0.29, 0.717) is 47.4 Å². The van der Waals surface area contributed by atoms with E-state index >= 15 is 0 Å². The lowest BCUT2D eigenvalue weighted by Gasteiger charge is -2.28. The fourth-order valence-electron chi connectivity index (χ4n) is 4.55. The number of amides is 2. The normalized spacial score (nSPS) is 11.0. The molecule has 8 heteroatoms. The number of fused-ring (bicyclic) bond motifs is 1. The molecule has 0 spiro atoms. The Hall–Kier alpha value is -3.48. The minimum atomic E-state index is -0.193. The van der Waals surface area contributed by atoms with Crippen molar-refractivity contribution in [3.63, 3.8) is 0 Å². The lowest BCUT2D eigenvalue weighted by molar-refractivity contribution is -0.132. The molecule has 0 aliphatic carbocycles. The molecule has 1 N–H and O–H groups in total. The second kappa shape index (κ2) is 13.5. The molecular weight excluding hydrogens is 533 g/mol. The lowest BCUT2D eigenvalue weighted by atomic mass is 10.1. The molecule has 0 unspecified atom stereocenters. The van der Waals surface area contributed by atoms with Crippen molar-refractivity contribution in [2.75, 3.05) is 26.7 Å². The van der Waals surface area contributed by atoms with Gasteiger partial charge < -0.3 is 19.5 Å². The fourth-order valence-corrected chi connectivity index (χ4v) is 4.87. The molecule has 0 radical (unpaired) electrons. The first-order valence-electron chi connectivity index (χ1n) is 13.1. The predicted molar refractivity (Wildman–Crippen MR) is 158 cm³/mol. The first-order valence-corrected chi connectivity index (χ1v) is 13.8. The highest BCUT2D eigenvalue weighted by Crippen LogP contribution is 2.24. The Morgan fingerprint density at radius 1 is 0.923 bits per heavy atom. The van der Waals surface area contributed by atoms with Gasteiger partial charge in [0, 0.05) is 42.3 Å². The Morgan fingerprint density at radius 2 is 1.74 bits per heavy atom. The van der Waals surface area contributed by atoms with E-state index in [9.17, 15) is 9.59 Å². The van der Waals surface area contributed by atoms with Gasteiger partial charge in [-0.05, 0) is 60.4 Å². The number of nitrogens with zero attached hydrogens (tertiary/aromatic N) is 2. The van der Waals surface area contributed by atoms with E-state index < -0.39 is 0 Å². The van der Waals surface area contributed by atoms with Gasteiger partial charge in [-0.25, -0.2) is 0 Å². The summed E-state index contributed by atoms with van der Waals surface area (Å²) in [7, 11) is 1.57. The van der Waals surface area contributed by atoms with Gasteiger partial charge in [0.05, 0.1) is 17.2 Å². The van der Waals surface area contributed by atoms with Crippen LogP contribution in [-0.4, -0.2) is 53.3 Å². The largest absolute Gasteiger partial charge is 0.497 e. The Balaban J connectivity index is 1.56. The highest BCUT2D eigenvalue weighted by atomic mass is 35.5. The molecule has 0 fully saturated rings. The molecule has 1 aromatic heterocycles. The van der Waals surface area contributed by atoms with Crippen molar-refractivity contribution in [3.8, 4) is 5.75 Å². The SMILES string of the molecule is CCCCN(CC(=O)N(CCc1c[nH]c2ccccc12)Cc1ccc(Cl)c(Cl)c1)C(=O)c1cccc(OC)c1. The summed E-state index contributed by atoms with van der Waals surface area (Å²) in [4.78, 5) is 34.0. The van der Waals surface area contributed by atoms with E-state index in [2.05, 4.69) is 18.0 Å². The van der Waals surface area contributed by atoms with E-state index in [1.54, 1.807) is 53.3 Å². The third kappa shape index (κ3) is 7.34. The van der Waals surface area contributed by atoms with Crippen molar-refractivity contribution < 1.29 is 14.3 Å². The maximum atomic E-state index is 13.8. The van der Waals surface area contributed by atoms with E-state index in [4.69, 9.17) is 27.9 Å². The molecule has 0 atom stereocenters. The summed E-state index contributed by atoms with van der Waals surface area (Å²) in [6, 6.07) is 20.5. The number of halogens is 2. The number of hydrogen-bond acceptors (Lipinski definition) is 3. The fraction of sp³-hybridized carbons (Fsp3) is 0.290. The maximum Gasteiger partial charge on any atom is 0.254 e. The van der Waals surface area contributed by atoms with Gasteiger partial charge >= 0.3 is 0 Å². The Labute approximate surface area is 239 Å². The van der Waals surface area contributed by atoms with E-state index in [0.717, 1.165) is 34.9 Å². The number of ether oxygens (including phenoxy) is 1. The molecule has 204 valence electrons. The average molecular weight is 567 g/mol. The topological polar surface area (TPSA) is 65.6 Å². The van der Waals surface area contributed by atoms with Gasteiger partial charge in [0.2, 0.25) is 5.91 Å². The van der Waals surface area contributed by atoms with E-state index in [1.165, 1.54) is 0 Å². The van der Waals surface area contributed by atoms with Gasteiger partial charge in [0.1, 0.15) is 12.3 Å². The molecule has 0 aliphatic rings. The Kier molecular flexibility index (Phi) is 9.90. The molecular formula is C31H33Cl2N3O3. The molecule has 0 saturated heterocycles. The second-order valence-electron chi connectivity index (χ2n) is 9.49. The van der Waals surface area contributed by atoms with Crippen LogP contribution < -0.4 is 4.74 Å². The van der Waals surface area contributed by atoms with E-state index in [-0.39, 0.29) is 18.4 Å². The molecule has 4 aromatic rings. The Bertz CT molecular complexity index is 1440. The standard InChI is InChI=1S/C31H33Cl2N3O3/c1-3-4-15-36(31(38)23-8-7-9-25(18-23)39-2)21-30(37)35(20-22-12-13-27(32)28(33)17-22)16-14-24-19-34-29-11-6-5-10-26(24)29/h5-13,17-19,34H,3-4,14-16,20-21H2,1-2H3. The average Bonchev–Trinajstić information content (AvgIpc) is 3.37. The number of H-pyrrole nitrogens is 1. The number of aromatic nitrogens is 1. The van der Waals surface area contributed by atoms with Gasteiger partial charge in [0.15, 0.2) is 0 Å². The molecule has 0 saturated carbocycles. The number of nitrogens with one attached hydrogen (secondary N) is 1. The van der Waals surface area contributed by atoms with Crippen molar-refractivity contribution in [3.05, 3.63) is 99.7 Å². The quantitative estimate of drug-likeness (QED) is 0.201. The van der Waals surface area contributed by atoms with Crippen LogP contribution in [0.5, 0.6) is 5.75 Å². The third-order valence-corrected chi connectivity index (χ3v) is 7.49. The van der Waals surface area contributed by atoms with Gasteiger partial charge in [-0.15, -0.1) is 0 Å². The number of rotatable bonds is 12. The summed E-state index contributed by atoms with van der Waals surface area (Å²) in [5.74, 6) is 0.276. The van der Waals surface area contributed by atoms with Crippen LogP contribution >= 0.6 is 23.2 Å². The van der Waals surface area contributed by atoms with Crippen LogP contribution in [0.4, 0.5) is 0 Å². The van der Waals surface area contributed by atoms with Crippen LogP contribution in [0, 0.1) is 0 Å². The number of unbranched alkanes of at least 4 members (excludes halogenated alkanes) is 1. The summed E-state index contributed by atoms with van der Waals surface area (Å²) in [6.07, 6.45) is 4.36. The lowest BCUT2D eigenvalue weighted by Crippen LogP contribution is -2.43. The van der Waals surface area contributed by atoms with Crippen LogP contribution in [0.1, 0.15) is 41.3 Å². The Morgan fingerprint density at radius 3 is 2.51 bits per heavy atom. The highest BCUT2D eigenvalue weighted by molar-refractivity contribution is 6.42. The van der Waals surface area contributed by atoms with Crippen LogP contribution in [0.3, 0.4) is 0 Å². The van der Waals surface area contributed by atoms with Crippen molar-refractivity contribution in [1.29, 1.82) is 0 Å².